The van der Waals surface area contributed by atoms with Crippen LogP contribution in [0.5, 0.6) is 11.5 Å². The molecule has 3 rings (SSSR count). The number of carbonyl (C=O) groups is 3. The van der Waals surface area contributed by atoms with Crippen molar-refractivity contribution >= 4 is 40.8 Å². The minimum atomic E-state index is -1.20. The van der Waals surface area contributed by atoms with Crippen LogP contribution in [0.4, 0.5) is 11.5 Å². The van der Waals surface area contributed by atoms with Crippen molar-refractivity contribution in [2.24, 2.45) is 0 Å². The van der Waals surface area contributed by atoms with Crippen molar-refractivity contribution in [3.63, 3.8) is 0 Å². The van der Waals surface area contributed by atoms with Crippen LogP contribution in [0.2, 0.25) is 5.02 Å². The zero-order chi connectivity index (χ0) is 29.4. The van der Waals surface area contributed by atoms with Gasteiger partial charge in [0.25, 0.3) is 0 Å². The lowest BCUT2D eigenvalue weighted by Crippen LogP contribution is -2.50. The number of halogens is 1. The average molecular weight is 571 g/mol. The van der Waals surface area contributed by atoms with Crippen LogP contribution >= 0.6 is 11.6 Å². The molecule has 11 heteroatoms. The smallest absolute Gasteiger partial charge is 0.248 e. The number of para-hydroxylation sites is 2. The lowest BCUT2D eigenvalue weighted by atomic mass is 9.97. The van der Waals surface area contributed by atoms with Gasteiger partial charge in [0.05, 0.1) is 24.9 Å². The van der Waals surface area contributed by atoms with Crippen LogP contribution in [0, 0.1) is 6.92 Å². The maximum absolute atomic E-state index is 14.1. The van der Waals surface area contributed by atoms with Crippen LogP contribution < -0.4 is 25.0 Å². The van der Waals surface area contributed by atoms with E-state index < -0.39 is 29.3 Å². The Morgan fingerprint density at radius 2 is 1.80 bits per heavy atom. The number of rotatable bonds is 12. The molecule has 40 heavy (non-hydrogen) atoms. The molecule has 10 nitrogen and oxygen atoms in total. The zero-order valence-electron chi connectivity index (χ0n) is 23.5. The average Bonchev–Trinajstić information content (AvgIpc) is 3.34. The predicted octanol–water partition coefficient (Wildman–Crippen LogP) is 5.45. The molecule has 0 aliphatic rings. The van der Waals surface area contributed by atoms with Gasteiger partial charge >= 0.3 is 0 Å². The van der Waals surface area contributed by atoms with Gasteiger partial charge < -0.3 is 24.6 Å². The van der Waals surface area contributed by atoms with Gasteiger partial charge in [-0.15, -0.1) is 0 Å². The van der Waals surface area contributed by atoms with Crippen LogP contribution in [0.3, 0.4) is 0 Å². The van der Waals surface area contributed by atoms with Crippen molar-refractivity contribution in [1.29, 1.82) is 0 Å². The molecule has 0 unspecified atom stereocenters. The van der Waals surface area contributed by atoms with E-state index in [1.807, 2.05) is 20.8 Å². The SMILES string of the molecule is CCC(C)(C)NC(=O)[C@@H](c1cccc(OC)c1OC)N(C(=O)CCC(=O)Nc1cc(C)on1)c1ccccc1Cl. The Hall–Kier alpha value is -4.05. The first-order valence-corrected chi connectivity index (χ1v) is 13.2. The largest absolute Gasteiger partial charge is 0.493 e. The zero-order valence-corrected chi connectivity index (χ0v) is 24.3. The molecule has 2 N–H and O–H groups in total. The summed E-state index contributed by atoms with van der Waals surface area (Å²) in [6, 6.07) is 12.2. The molecule has 0 aliphatic heterocycles. The molecule has 1 aromatic heterocycles. The molecule has 0 saturated carbocycles. The van der Waals surface area contributed by atoms with Crippen molar-refractivity contribution in [2.45, 2.75) is 58.5 Å². The normalized spacial score (nSPS) is 11.9. The van der Waals surface area contributed by atoms with Gasteiger partial charge in [-0.2, -0.15) is 0 Å². The van der Waals surface area contributed by atoms with Gasteiger partial charge in [0.2, 0.25) is 17.7 Å². The highest BCUT2D eigenvalue weighted by atomic mass is 35.5. The van der Waals surface area contributed by atoms with E-state index in [0.29, 0.717) is 34.9 Å². The number of hydrogen-bond acceptors (Lipinski definition) is 7. The molecule has 0 bridgehead atoms. The number of nitrogens with one attached hydrogen (secondary N) is 2. The first-order chi connectivity index (χ1) is 19.0. The van der Waals surface area contributed by atoms with Crippen LogP contribution in [0.25, 0.3) is 0 Å². The second kappa shape index (κ2) is 13.3. The third-order valence-corrected chi connectivity index (χ3v) is 6.74. The summed E-state index contributed by atoms with van der Waals surface area (Å²) in [6.45, 7) is 7.43. The Morgan fingerprint density at radius 3 is 2.40 bits per heavy atom. The molecular formula is C29H35ClN4O6. The number of anilines is 2. The lowest BCUT2D eigenvalue weighted by molar-refractivity contribution is -0.128. The maximum Gasteiger partial charge on any atom is 0.248 e. The second-order valence-corrected chi connectivity index (χ2v) is 10.2. The number of methoxy groups -OCH3 is 2. The minimum Gasteiger partial charge on any atom is -0.493 e. The fourth-order valence-corrected chi connectivity index (χ4v) is 4.28. The third-order valence-electron chi connectivity index (χ3n) is 6.42. The quantitative estimate of drug-likeness (QED) is 0.297. The minimum absolute atomic E-state index is 0.171. The van der Waals surface area contributed by atoms with Crippen molar-refractivity contribution in [3.05, 3.63) is 64.9 Å². The Balaban J connectivity index is 2.08. The number of ether oxygens (including phenoxy) is 2. The molecular weight excluding hydrogens is 536 g/mol. The highest BCUT2D eigenvalue weighted by Gasteiger charge is 2.38. The molecule has 0 fully saturated rings. The first kappa shape index (κ1) is 30.5. The molecule has 1 atom stereocenters. The van der Waals surface area contributed by atoms with E-state index in [0.717, 1.165) is 0 Å². The highest BCUT2D eigenvalue weighted by Crippen LogP contribution is 2.41. The molecule has 214 valence electrons. The number of carbonyl (C=O) groups excluding carboxylic acids is 3. The van der Waals surface area contributed by atoms with Crippen LogP contribution in [-0.2, 0) is 14.4 Å². The van der Waals surface area contributed by atoms with Gasteiger partial charge in [0.15, 0.2) is 17.3 Å². The molecule has 3 amide bonds. The van der Waals surface area contributed by atoms with Crippen molar-refractivity contribution in [2.75, 3.05) is 24.4 Å². The summed E-state index contributed by atoms with van der Waals surface area (Å²) in [5.74, 6) is 0.0798. The monoisotopic (exact) mass is 570 g/mol. The number of nitrogens with zero attached hydrogens (tertiary/aromatic N) is 2. The van der Waals surface area contributed by atoms with Gasteiger partial charge in [-0.05, 0) is 45.4 Å². The summed E-state index contributed by atoms with van der Waals surface area (Å²) < 4.78 is 16.1. The van der Waals surface area contributed by atoms with E-state index in [1.54, 1.807) is 55.5 Å². The van der Waals surface area contributed by atoms with Crippen molar-refractivity contribution < 1.29 is 28.4 Å². The number of benzene rings is 2. The fourth-order valence-electron chi connectivity index (χ4n) is 4.05. The van der Waals surface area contributed by atoms with E-state index in [1.165, 1.54) is 19.1 Å². The van der Waals surface area contributed by atoms with Crippen LogP contribution in [0.15, 0.2) is 53.1 Å². The van der Waals surface area contributed by atoms with Gasteiger partial charge in [-0.1, -0.05) is 47.9 Å². The highest BCUT2D eigenvalue weighted by molar-refractivity contribution is 6.34. The summed E-state index contributed by atoms with van der Waals surface area (Å²) in [4.78, 5) is 42.0. The number of aromatic nitrogens is 1. The van der Waals surface area contributed by atoms with Crippen LogP contribution in [0.1, 0.15) is 57.4 Å². The van der Waals surface area contributed by atoms with E-state index in [4.69, 9.17) is 25.6 Å². The van der Waals surface area contributed by atoms with Gasteiger partial charge in [-0.25, -0.2) is 0 Å². The van der Waals surface area contributed by atoms with Crippen molar-refractivity contribution in [1.82, 2.24) is 10.5 Å². The molecule has 0 spiro atoms. The molecule has 0 aliphatic carbocycles. The van der Waals surface area contributed by atoms with E-state index in [-0.39, 0.29) is 23.7 Å². The molecule has 1 heterocycles. The fraction of sp³-hybridized carbons (Fsp3) is 0.379. The summed E-state index contributed by atoms with van der Waals surface area (Å²) in [5, 5.41) is 9.66. The summed E-state index contributed by atoms with van der Waals surface area (Å²) in [5.41, 5.74) is 0.120. The molecule has 2 aromatic carbocycles. The molecule has 0 radical (unpaired) electrons. The topological polar surface area (TPSA) is 123 Å². The van der Waals surface area contributed by atoms with E-state index >= 15 is 0 Å². The Labute approximate surface area is 238 Å². The molecule has 3 aromatic rings. The first-order valence-electron chi connectivity index (χ1n) is 12.8. The van der Waals surface area contributed by atoms with Crippen molar-refractivity contribution in [3.8, 4) is 11.5 Å². The third kappa shape index (κ3) is 7.32. The maximum atomic E-state index is 14.1. The van der Waals surface area contributed by atoms with Crippen LogP contribution in [-0.4, -0.2) is 42.6 Å². The van der Waals surface area contributed by atoms with Gasteiger partial charge in [0, 0.05) is 30.0 Å². The van der Waals surface area contributed by atoms with Gasteiger partial charge in [-0.3, -0.25) is 19.3 Å². The lowest BCUT2D eigenvalue weighted by Gasteiger charge is -2.35. The Kier molecular flexibility index (Phi) is 10.2. The number of aryl methyl sites for hydroxylation is 1. The standard InChI is InChI=1S/C29H35ClN4O6/c1-7-29(3,4)32-28(37)26(19-11-10-14-22(38-5)27(19)39-6)34(21-13-9-8-12-20(21)30)25(36)16-15-24(35)31-23-17-18(2)40-33-23/h8-14,17,26H,7,15-16H2,1-6H3,(H,32,37)(H,31,33,35)/t26-/m1/s1. The van der Waals surface area contributed by atoms with E-state index in [9.17, 15) is 14.4 Å². The summed E-state index contributed by atoms with van der Waals surface area (Å²) in [7, 11) is 2.95. The van der Waals surface area contributed by atoms with Gasteiger partial charge in [0.1, 0.15) is 11.8 Å². The second-order valence-electron chi connectivity index (χ2n) is 9.80. The Morgan fingerprint density at radius 1 is 1.07 bits per heavy atom. The summed E-state index contributed by atoms with van der Waals surface area (Å²) in [6.07, 6.45) is 0.249. The number of amides is 3. The molecule has 0 saturated heterocycles. The number of hydrogen-bond donors (Lipinski definition) is 2. The summed E-state index contributed by atoms with van der Waals surface area (Å²) >= 11 is 6.58. The predicted molar refractivity (Wildman–Crippen MR) is 153 cm³/mol. The Bertz CT molecular complexity index is 1360. The van der Waals surface area contributed by atoms with E-state index in [2.05, 4.69) is 15.8 Å².